The average Bonchev–Trinajstić information content (AvgIpc) is 2.94. The second kappa shape index (κ2) is 3.29. The van der Waals surface area contributed by atoms with E-state index in [9.17, 15) is 5.11 Å². The van der Waals surface area contributed by atoms with Crippen LogP contribution in [0.3, 0.4) is 0 Å². The van der Waals surface area contributed by atoms with Gasteiger partial charge in [-0.3, -0.25) is 0 Å². The molecule has 1 atom stereocenters. The molecule has 0 bridgehead atoms. The lowest BCUT2D eigenvalue weighted by Crippen LogP contribution is -2.39. The van der Waals surface area contributed by atoms with Crippen LogP contribution in [0.1, 0.15) is 18.5 Å². The second-order valence-corrected chi connectivity index (χ2v) is 4.51. The fraction of sp³-hybridized carbons (Fsp3) is 0.750. The summed E-state index contributed by atoms with van der Waals surface area (Å²) < 4.78 is 2.16. The summed E-state index contributed by atoms with van der Waals surface area (Å²) in [5, 5.41) is 18.1. The fourth-order valence-electron chi connectivity index (χ4n) is 1.81. The largest absolute Gasteiger partial charge is 0.382 e. The van der Waals surface area contributed by atoms with Crippen LogP contribution in [-0.4, -0.2) is 26.6 Å². The van der Waals surface area contributed by atoms with Gasteiger partial charge in [0.05, 0.1) is 0 Å². The highest BCUT2D eigenvalue weighted by atomic mass is 79.9. The van der Waals surface area contributed by atoms with Crippen molar-refractivity contribution in [1.29, 1.82) is 0 Å². The number of hydrogen-bond donors (Lipinski definition) is 2. The van der Waals surface area contributed by atoms with Gasteiger partial charge in [-0.2, -0.15) is 0 Å². The molecule has 0 aliphatic heterocycles. The zero-order valence-electron chi connectivity index (χ0n) is 7.94. The first-order valence-corrected chi connectivity index (χ1v) is 5.37. The molecule has 0 saturated heterocycles. The lowest BCUT2D eigenvalue weighted by atomic mass is 9.94. The molecule has 0 aromatic carbocycles. The van der Waals surface area contributed by atoms with E-state index >= 15 is 0 Å². The molecule has 5 nitrogen and oxygen atoms in total. The van der Waals surface area contributed by atoms with E-state index in [1.54, 1.807) is 11.7 Å². The van der Waals surface area contributed by atoms with Crippen molar-refractivity contribution < 1.29 is 5.11 Å². The highest BCUT2D eigenvalue weighted by molar-refractivity contribution is 9.10. The molecule has 1 saturated carbocycles. The van der Waals surface area contributed by atoms with E-state index in [-0.39, 0.29) is 12.5 Å². The van der Waals surface area contributed by atoms with Crippen LogP contribution in [0.15, 0.2) is 4.60 Å². The van der Waals surface area contributed by atoms with Crippen LogP contribution >= 0.6 is 15.9 Å². The Labute approximate surface area is 90.4 Å². The zero-order valence-corrected chi connectivity index (χ0v) is 9.53. The van der Waals surface area contributed by atoms with Gasteiger partial charge in [-0.15, -0.1) is 5.10 Å². The second-order valence-electron chi connectivity index (χ2n) is 3.76. The van der Waals surface area contributed by atoms with Crippen molar-refractivity contribution in [3.05, 3.63) is 10.3 Å². The Kier molecular flexibility index (Phi) is 2.36. The van der Waals surface area contributed by atoms with Gasteiger partial charge < -0.3 is 10.8 Å². The molecule has 1 aliphatic carbocycles. The van der Waals surface area contributed by atoms with Crippen LogP contribution in [0.25, 0.3) is 0 Å². The number of nitrogens with zero attached hydrogens (tertiary/aromatic N) is 3. The molecule has 1 fully saturated rings. The Bertz CT molecular complexity index is 330. The summed E-state index contributed by atoms with van der Waals surface area (Å²) in [5.74, 6) is 0.251. The maximum atomic E-state index is 10.4. The molecule has 1 aliphatic rings. The number of aryl methyl sites for hydroxylation is 1. The van der Waals surface area contributed by atoms with Gasteiger partial charge in [-0.25, -0.2) is 4.68 Å². The number of nitrogens with two attached hydrogens (primary N) is 1. The van der Waals surface area contributed by atoms with Crippen LogP contribution in [-0.2, 0) is 12.6 Å². The Morgan fingerprint density at radius 1 is 1.71 bits per heavy atom. The quantitative estimate of drug-likeness (QED) is 0.811. The minimum atomic E-state index is -0.975. The number of halogens is 1. The molecule has 14 heavy (non-hydrogen) atoms. The van der Waals surface area contributed by atoms with E-state index < -0.39 is 5.60 Å². The summed E-state index contributed by atoms with van der Waals surface area (Å²) in [4.78, 5) is 0. The van der Waals surface area contributed by atoms with Gasteiger partial charge in [0.25, 0.3) is 0 Å². The molecule has 1 unspecified atom stereocenters. The Morgan fingerprint density at radius 2 is 2.36 bits per heavy atom. The van der Waals surface area contributed by atoms with Gasteiger partial charge in [0.1, 0.15) is 11.3 Å². The van der Waals surface area contributed by atoms with E-state index in [4.69, 9.17) is 5.73 Å². The van der Waals surface area contributed by atoms with Gasteiger partial charge >= 0.3 is 0 Å². The van der Waals surface area contributed by atoms with Crippen molar-refractivity contribution in [2.24, 2.45) is 18.7 Å². The minimum Gasteiger partial charge on any atom is -0.382 e. The molecule has 78 valence electrons. The monoisotopic (exact) mass is 260 g/mol. The molecule has 0 spiro atoms. The normalized spacial score (nSPS) is 20.9. The van der Waals surface area contributed by atoms with E-state index in [2.05, 4.69) is 26.2 Å². The van der Waals surface area contributed by atoms with Crippen molar-refractivity contribution in [2.75, 3.05) is 6.54 Å². The predicted molar refractivity (Wildman–Crippen MR) is 54.4 cm³/mol. The van der Waals surface area contributed by atoms with Gasteiger partial charge in [-0.05, 0) is 34.7 Å². The third-order valence-electron chi connectivity index (χ3n) is 2.76. The lowest BCUT2D eigenvalue weighted by molar-refractivity contribution is 0.0135. The Hall–Kier alpha value is -0.460. The van der Waals surface area contributed by atoms with E-state index in [0.717, 1.165) is 12.8 Å². The summed E-state index contributed by atoms with van der Waals surface area (Å²) in [6.45, 7) is 0.206. The summed E-state index contributed by atoms with van der Waals surface area (Å²) >= 11 is 3.28. The molecule has 1 aromatic heterocycles. The first-order valence-electron chi connectivity index (χ1n) is 4.57. The van der Waals surface area contributed by atoms with Gasteiger partial charge in [0, 0.05) is 13.6 Å². The topological polar surface area (TPSA) is 77.0 Å². The van der Waals surface area contributed by atoms with E-state index in [1.165, 1.54) is 0 Å². The highest BCUT2D eigenvalue weighted by Crippen LogP contribution is 2.46. The SMILES string of the molecule is Cn1nnc(Br)c1C(O)(CN)C1CC1. The van der Waals surface area contributed by atoms with Crippen LogP contribution < -0.4 is 5.73 Å². The molecule has 3 N–H and O–H groups in total. The van der Waals surface area contributed by atoms with Crippen LogP contribution in [0, 0.1) is 5.92 Å². The van der Waals surface area contributed by atoms with Crippen molar-refractivity contribution in [1.82, 2.24) is 15.0 Å². The van der Waals surface area contributed by atoms with Gasteiger partial charge in [0.2, 0.25) is 0 Å². The minimum absolute atomic E-state index is 0.206. The summed E-state index contributed by atoms with van der Waals surface area (Å²) in [7, 11) is 1.76. The van der Waals surface area contributed by atoms with Crippen LogP contribution in [0.5, 0.6) is 0 Å². The smallest absolute Gasteiger partial charge is 0.154 e. The number of aliphatic hydroxyl groups is 1. The third kappa shape index (κ3) is 1.37. The maximum absolute atomic E-state index is 10.4. The number of hydrogen-bond acceptors (Lipinski definition) is 4. The van der Waals surface area contributed by atoms with Gasteiger partial charge in [-0.1, -0.05) is 5.21 Å². The summed E-state index contributed by atoms with van der Waals surface area (Å²) in [6, 6.07) is 0. The van der Waals surface area contributed by atoms with E-state index in [1.807, 2.05) is 0 Å². The zero-order chi connectivity index (χ0) is 10.3. The van der Waals surface area contributed by atoms with Crippen LogP contribution in [0.2, 0.25) is 0 Å². The van der Waals surface area contributed by atoms with Crippen LogP contribution in [0.4, 0.5) is 0 Å². The Balaban J connectivity index is 2.44. The third-order valence-corrected chi connectivity index (χ3v) is 3.29. The van der Waals surface area contributed by atoms with Crippen molar-refractivity contribution in [3.8, 4) is 0 Å². The van der Waals surface area contributed by atoms with E-state index in [0.29, 0.717) is 10.3 Å². The first kappa shape index (κ1) is 10.1. The highest BCUT2D eigenvalue weighted by Gasteiger charge is 2.47. The first-order chi connectivity index (χ1) is 6.59. The lowest BCUT2D eigenvalue weighted by Gasteiger charge is -2.26. The van der Waals surface area contributed by atoms with Crippen molar-refractivity contribution in [3.63, 3.8) is 0 Å². The average molecular weight is 261 g/mol. The fourth-order valence-corrected chi connectivity index (χ4v) is 2.48. The molecule has 1 heterocycles. The van der Waals surface area contributed by atoms with Crippen molar-refractivity contribution in [2.45, 2.75) is 18.4 Å². The molecule has 2 rings (SSSR count). The summed E-state index contributed by atoms with van der Waals surface area (Å²) in [6.07, 6.45) is 2.04. The Morgan fingerprint density at radius 3 is 2.71 bits per heavy atom. The molecule has 6 heteroatoms. The number of aromatic nitrogens is 3. The molecular weight excluding hydrogens is 248 g/mol. The summed E-state index contributed by atoms with van der Waals surface area (Å²) in [5.41, 5.74) is 5.34. The predicted octanol–water partition coefficient (Wildman–Crippen LogP) is 0.134. The molecule has 0 amide bonds. The van der Waals surface area contributed by atoms with Gasteiger partial charge in [0.15, 0.2) is 4.60 Å². The molecule has 0 radical (unpaired) electrons. The number of rotatable bonds is 3. The molecular formula is C8H13BrN4O. The standard InChI is InChI=1S/C8H13BrN4O/c1-13-6(7(9)11-12-13)8(14,4-10)5-2-3-5/h5,14H,2-4,10H2,1H3. The molecule has 1 aromatic rings. The maximum Gasteiger partial charge on any atom is 0.154 e. The van der Waals surface area contributed by atoms with Crippen molar-refractivity contribution >= 4 is 15.9 Å².